The average molecular weight is 353 g/mol. The second-order valence-corrected chi connectivity index (χ2v) is 6.60. The van der Waals surface area contributed by atoms with Crippen LogP contribution in [0.4, 0.5) is 5.69 Å². The molecule has 7 heteroatoms. The van der Waals surface area contributed by atoms with Crippen LogP contribution in [-0.4, -0.2) is 75.9 Å². The summed E-state index contributed by atoms with van der Waals surface area (Å²) in [5.41, 5.74) is 1.18. The summed E-state index contributed by atoms with van der Waals surface area (Å²) in [4.78, 5) is 16.7. The van der Waals surface area contributed by atoms with Crippen molar-refractivity contribution in [3.05, 3.63) is 29.3 Å². The zero-order valence-corrected chi connectivity index (χ0v) is 14.6. The molecule has 3 rings (SSSR count). The molecule has 1 atom stereocenters. The number of nitrogens with one attached hydrogen (secondary N) is 2. The van der Waals surface area contributed by atoms with Crippen LogP contribution in [0.5, 0.6) is 0 Å². The number of hydrogen-bond donors (Lipinski definition) is 2. The second-order valence-electron chi connectivity index (χ2n) is 6.16. The third-order valence-corrected chi connectivity index (χ3v) is 4.73. The van der Waals surface area contributed by atoms with Gasteiger partial charge in [0.1, 0.15) is 6.10 Å². The molecule has 0 radical (unpaired) electrons. The second kappa shape index (κ2) is 8.67. The monoisotopic (exact) mass is 352 g/mol. The van der Waals surface area contributed by atoms with Crippen molar-refractivity contribution in [2.45, 2.75) is 6.10 Å². The maximum Gasteiger partial charge on any atom is 0.250 e. The number of carbonyl (C=O) groups excluding carboxylic acids is 1. The van der Waals surface area contributed by atoms with Gasteiger partial charge in [-0.15, -0.1) is 0 Å². The first-order valence-electron chi connectivity index (χ1n) is 8.55. The van der Waals surface area contributed by atoms with Crippen molar-refractivity contribution in [3.63, 3.8) is 0 Å². The Hall–Kier alpha value is -1.34. The van der Waals surface area contributed by atoms with Crippen LogP contribution in [0.15, 0.2) is 24.3 Å². The van der Waals surface area contributed by atoms with Gasteiger partial charge in [-0.1, -0.05) is 17.7 Å². The Labute approximate surface area is 148 Å². The summed E-state index contributed by atoms with van der Waals surface area (Å²) in [6, 6.07) is 7.99. The summed E-state index contributed by atoms with van der Waals surface area (Å²) in [5.74, 6) is -0.0141. The molecular weight excluding hydrogens is 328 g/mol. The Balaban J connectivity index is 1.36. The SMILES string of the molecule is O=C(NCCN1CCN(c2cccc(Cl)c2)CC1)C1CNCCO1. The first kappa shape index (κ1) is 17.5. The largest absolute Gasteiger partial charge is 0.369 e. The number of morpholine rings is 1. The van der Waals surface area contributed by atoms with Crippen LogP contribution >= 0.6 is 11.6 Å². The molecule has 2 fully saturated rings. The summed E-state index contributed by atoms with van der Waals surface area (Å²) in [5, 5.41) is 6.92. The molecule has 0 aromatic heterocycles. The molecule has 2 aliphatic rings. The third kappa shape index (κ3) is 4.83. The molecule has 1 aromatic carbocycles. The molecule has 1 unspecified atom stereocenters. The molecule has 0 aliphatic carbocycles. The minimum absolute atomic E-state index is 0.0141. The predicted octanol–water partition coefficient (Wildman–Crippen LogP) is 0.567. The van der Waals surface area contributed by atoms with Gasteiger partial charge >= 0.3 is 0 Å². The van der Waals surface area contributed by atoms with Gasteiger partial charge < -0.3 is 20.3 Å². The Morgan fingerprint density at radius 3 is 2.88 bits per heavy atom. The molecular formula is C17H25ClN4O2. The van der Waals surface area contributed by atoms with Gasteiger partial charge in [-0.3, -0.25) is 9.69 Å². The lowest BCUT2D eigenvalue weighted by Gasteiger charge is -2.36. The first-order valence-corrected chi connectivity index (χ1v) is 8.93. The third-order valence-electron chi connectivity index (χ3n) is 4.49. The summed E-state index contributed by atoms with van der Waals surface area (Å²) >= 11 is 6.06. The number of piperazine rings is 1. The summed E-state index contributed by atoms with van der Waals surface area (Å²) in [6.07, 6.45) is -0.349. The van der Waals surface area contributed by atoms with Crippen molar-refractivity contribution in [2.75, 3.05) is 63.9 Å². The van der Waals surface area contributed by atoms with Crippen LogP contribution in [0.25, 0.3) is 0 Å². The Bertz CT molecular complexity index is 543. The fourth-order valence-corrected chi connectivity index (χ4v) is 3.27. The van der Waals surface area contributed by atoms with Crippen LogP contribution in [-0.2, 0) is 9.53 Å². The normalized spacial score (nSPS) is 22.4. The van der Waals surface area contributed by atoms with E-state index in [4.69, 9.17) is 16.3 Å². The van der Waals surface area contributed by atoms with Gasteiger partial charge in [0.15, 0.2) is 0 Å². The lowest BCUT2D eigenvalue weighted by atomic mass is 10.2. The number of amides is 1. The Morgan fingerprint density at radius 1 is 1.33 bits per heavy atom. The van der Waals surface area contributed by atoms with E-state index in [-0.39, 0.29) is 12.0 Å². The highest BCUT2D eigenvalue weighted by atomic mass is 35.5. The molecule has 1 amide bonds. The lowest BCUT2D eigenvalue weighted by molar-refractivity contribution is -0.134. The van der Waals surface area contributed by atoms with Gasteiger partial charge in [-0.05, 0) is 18.2 Å². The zero-order chi connectivity index (χ0) is 16.8. The van der Waals surface area contributed by atoms with Crippen molar-refractivity contribution in [2.24, 2.45) is 0 Å². The van der Waals surface area contributed by atoms with Gasteiger partial charge in [0.2, 0.25) is 0 Å². The number of benzene rings is 1. The first-order chi connectivity index (χ1) is 11.7. The van der Waals surface area contributed by atoms with Crippen molar-refractivity contribution in [1.82, 2.24) is 15.5 Å². The quantitative estimate of drug-likeness (QED) is 0.811. The molecule has 2 heterocycles. The van der Waals surface area contributed by atoms with E-state index in [9.17, 15) is 4.79 Å². The van der Waals surface area contributed by atoms with Crippen molar-refractivity contribution >= 4 is 23.2 Å². The van der Waals surface area contributed by atoms with E-state index in [1.54, 1.807) is 0 Å². The number of halogens is 1. The predicted molar refractivity (Wildman–Crippen MR) is 95.7 cm³/mol. The number of carbonyl (C=O) groups is 1. The summed E-state index contributed by atoms with van der Waals surface area (Å²) in [7, 11) is 0. The maximum absolute atomic E-state index is 12.0. The topological polar surface area (TPSA) is 56.8 Å². The summed E-state index contributed by atoms with van der Waals surface area (Å²) < 4.78 is 5.45. The number of anilines is 1. The van der Waals surface area contributed by atoms with Crippen LogP contribution in [0, 0.1) is 0 Å². The van der Waals surface area contributed by atoms with Crippen LogP contribution < -0.4 is 15.5 Å². The van der Waals surface area contributed by atoms with E-state index >= 15 is 0 Å². The minimum Gasteiger partial charge on any atom is -0.369 e. The highest BCUT2D eigenvalue weighted by molar-refractivity contribution is 6.30. The molecule has 2 saturated heterocycles. The smallest absolute Gasteiger partial charge is 0.250 e. The van der Waals surface area contributed by atoms with Gasteiger partial charge in [0.05, 0.1) is 6.61 Å². The van der Waals surface area contributed by atoms with Crippen LogP contribution in [0.1, 0.15) is 0 Å². The van der Waals surface area contributed by atoms with E-state index in [1.807, 2.05) is 18.2 Å². The molecule has 2 N–H and O–H groups in total. The van der Waals surface area contributed by atoms with Crippen molar-refractivity contribution in [3.8, 4) is 0 Å². The van der Waals surface area contributed by atoms with E-state index in [0.29, 0.717) is 19.7 Å². The summed E-state index contributed by atoms with van der Waals surface area (Å²) in [6.45, 7) is 7.49. The number of ether oxygens (including phenoxy) is 1. The number of nitrogens with zero attached hydrogens (tertiary/aromatic N) is 2. The molecule has 6 nitrogen and oxygen atoms in total. The molecule has 132 valence electrons. The Kier molecular flexibility index (Phi) is 6.31. The highest BCUT2D eigenvalue weighted by Gasteiger charge is 2.22. The fourth-order valence-electron chi connectivity index (χ4n) is 3.09. The lowest BCUT2D eigenvalue weighted by Crippen LogP contribution is -2.51. The van der Waals surface area contributed by atoms with Crippen molar-refractivity contribution < 1.29 is 9.53 Å². The maximum atomic E-state index is 12.0. The average Bonchev–Trinajstić information content (AvgIpc) is 2.63. The minimum atomic E-state index is -0.349. The molecule has 1 aromatic rings. The molecule has 2 aliphatic heterocycles. The van der Waals surface area contributed by atoms with Crippen molar-refractivity contribution in [1.29, 1.82) is 0 Å². The molecule has 24 heavy (non-hydrogen) atoms. The van der Waals surface area contributed by atoms with E-state index < -0.39 is 0 Å². The van der Waals surface area contributed by atoms with Crippen LogP contribution in [0.2, 0.25) is 5.02 Å². The van der Waals surface area contributed by atoms with Gasteiger partial charge in [0, 0.05) is 63.1 Å². The highest BCUT2D eigenvalue weighted by Crippen LogP contribution is 2.20. The standard InChI is InChI=1S/C17H25ClN4O2/c18-14-2-1-3-15(12-14)22-9-7-21(8-10-22)6-4-20-17(23)16-13-19-5-11-24-16/h1-3,12,16,19H,4-11,13H2,(H,20,23). The van der Waals surface area contributed by atoms with Gasteiger partial charge in [-0.2, -0.15) is 0 Å². The van der Waals surface area contributed by atoms with Gasteiger partial charge in [0.25, 0.3) is 5.91 Å². The Morgan fingerprint density at radius 2 is 2.17 bits per heavy atom. The molecule has 0 saturated carbocycles. The van der Waals surface area contributed by atoms with E-state index in [1.165, 1.54) is 5.69 Å². The molecule has 0 bridgehead atoms. The van der Waals surface area contributed by atoms with E-state index in [0.717, 1.165) is 44.3 Å². The zero-order valence-electron chi connectivity index (χ0n) is 13.8. The fraction of sp³-hybridized carbons (Fsp3) is 0.588. The van der Waals surface area contributed by atoms with Crippen LogP contribution in [0.3, 0.4) is 0 Å². The number of hydrogen-bond acceptors (Lipinski definition) is 5. The number of rotatable bonds is 5. The van der Waals surface area contributed by atoms with E-state index in [2.05, 4.69) is 26.5 Å². The van der Waals surface area contributed by atoms with Gasteiger partial charge in [-0.25, -0.2) is 0 Å². The molecule has 0 spiro atoms.